The van der Waals surface area contributed by atoms with Crippen LogP contribution in [0.2, 0.25) is 0 Å². The van der Waals surface area contributed by atoms with E-state index < -0.39 is 21.6 Å². The van der Waals surface area contributed by atoms with Gasteiger partial charge in [0.05, 0.1) is 12.9 Å². The Balaban J connectivity index is 1.97. The molecule has 1 aliphatic heterocycles. The van der Waals surface area contributed by atoms with Gasteiger partial charge in [-0.3, -0.25) is 15.1 Å². The number of carbonyl (C=O) groups is 2. The van der Waals surface area contributed by atoms with Crippen molar-refractivity contribution in [3.05, 3.63) is 29.8 Å². The van der Waals surface area contributed by atoms with Gasteiger partial charge in [0.15, 0.2) is 9.84 Å². The van der Waals surface area contributed by atoms with Crippen molar-refractivity contribution in [2.75, 3.05) is 43.1 Å². The summed E-state index contributed by atoms with van der Waals surface area (Å²) in [6.07, 6.45) is 0. The average Bonchev–Trinajstić information content (AvgIpc) is 2.93. The zero-order chi connectivity index (χ0) is 18.6. The molecule has 9 nitrogen and oxygen atoms in total. The number of hydrogen-bond acceptors (Lipinski definition) is 6. The standard InChI is InChI=1S/C15H20N4O5S/c1-24-13(20)10-25(22,23)9-8-18-6-7-19(15(18)21)12-4-2-11(3-5-12)14(16)17/h2-5H,6-10H2,1H3,(H3,16,17). The van der Waals surface area contributed by atoms with E-state index in [1.807, 2.05) is 0 Å². The number of sulfone groups is 1. The first-order chi connectivity index (χ1) is 11.7. The maximum absolute atomic E-state index is 12.4. The number of carbonyl (C=O) groups excluding carboxylic acids is 2. The smallest absolute Gasteiger partial charge is 0.324 e. The summed E-state index contributed by atoms with van der Waals surface area (Å²) in [6, 6.07) is 6.37. The van der Waals surface area contributed by atoms with Crippen molar-refractivity contribution in [3.8, 4) is 0 Å². The molecule has 0 aromatic heterocycles. The van der Waals surface area contributed by atoms with Gasteiger partial charge in [-0.15, -0.1) is 0 Å². The predicted octanol–water partition coefficient (Wildman–Crippen LogP) is -0.200. The van der Waals surface area contributed by atoms with Crippen molar-refractivity contribution >= 4 is 33.4 Å². The van der Waals surface area contributed by atoms with Crippen molar-refractivity contribution in [1.82, 2.24) is 4.90 Å². The second-order valence-corrected chi connectivity index (χ2v) is 7.73. The third-order valence-electron chi connectivity index (χ3n) is 3.82. The number of esters is 1. The second-order valence-electron chi connectivity index (χ2n) is 5.55. The van der Waals surface area contributed by atoms with Gasteiger partial charge in [-0.2, -0.15) is 0 Å². The molecule has 0 spiro atoms. The van der Waals surface area contributed by atoms with E-state index in [1.165, 1.54) is 9.80 Å². The number of amides is 2. The molecular weight excluding hydrogens is 348 g/mol. The molecule has 0 bridgehead atoms. The number of anilines is 1. The van der Waals surface area contributed by atoms with E-state index in [1.54, 1.807) is 24.3 Å². The molecule has 25 heavy (non-hydrogen) atoms. The van der Waals surface area contributed by atoms with Gasteiger partial charge >= 0.3 is 12.0 Å². The van der Waals surface area contributed by atoms with E-state index in [4.69, 9.17) is 11.1 Å². The highest BCUT2D eigenvalue weighted by atomic mass is 32.2. The van der Waals surface area contributed by atoms with Gasteiger partial charge in [-0.05, 0) is 24.3 Å². The lowest BCUT2D eigenvalue weighted by atomic mass is 10.2. The molecule has 3 N–H and O–H groups in total. The summed E-state index contributed by atoms with van der Waals surface area (Å²) in [7, 11) is -2.50. The van der Waals surface area contributed by atoms with Crippen LogP contribution >= 0.6 is 0 Å². The van der Waals surface area contributed by atoms with E-state index in [-0.39, 0.29) is 24.2 Å². The number of nitrogens with one attached hydrogen (secondary N) is 1. The number of nitrogens with two attached hydrogens (primary N) is 1. The summed E-state index contributed by atoms with van der Waals surface area (Å²) in [4.78, 5) is 26.5. The molecular formula is C15H20N4O5S. The highest BCUT2D eigenvalue weighted by molar-refractivity contribution is 7.92. The third kappa shape index (κ3) is 4.69. The monoisotopic (exact) mass is 368 g/mol. The molecule has 1 heterocycles. The topological polar surface area (TPSA) is 134 Å². The number of methoxy groups -OCH3 is 1. The Bertz CT molecular complexity index is 776. The van der Waals surface area contributed by atoms with Gasteiger partial charge in [0.1, 0.15) is 11.6 Å². The fourth-order valence-electron chi connectivity index (χ4n) is 2.41. The number of nitrogens with zero attached hydrogens (tertiary/aromatic N) is 2. The number of rotatable bonds is 7. The summed E-state index contributed by atoms with van der Waals surface area (Å²) in [5.74, 6) is -1.87. The summed E-state index contributed by atoms with van der Waals surface area (Å²) < 4.78 is 28.0. The van der Waals surface area contributed by atoms with Gasteiger partial charge < -0.3 is 15.4 Å². The van der Waals surface area contributed by atoms with E-state index in [0.29, 0.717) is 24.3 Å². The van der Waals surface area contributed by atoms with Crippen LogP contribution < -0.4 is 10.6 Å². The summed E-state index contributed by atoms with van der Waals surface area (Å²) in [5, 5.41) is 7.36. The molecule has 2 rings (SSSR count). The fourth-order valence-corrected chi connectivity index (χ4v) is 3.53. The molecule has 0 saturated carbocycles. The van der Waals surface area contributed by atoms with Crippen LogP contribution in [0.15, 0.2) is 24.3 Å². The number of ether oxygens (including phenoxy) is 1. The first kappa shape index (κ1) is 18.7. The molecule has 1 fully saturated rings. The molecule has 1 aliphatic rings. The van der Waals surface area contributed by atoms with Crippen molar-refractivity contribution in [3.63, 3.8) is 0 Å². The Morgan fingerprint density at radius 1 is 1.28 bits per heavy atom. The minimum atomic E-state index is -3.63. The highest BCUT2D eigenvalue weighted by Crippen LogP contribution is 2.20. The van der Waals surface area contributed by atoms with Gasteiger partial charge in [-0.1, -0.05) is 0 Å². The SMILES string of the molecule is COC(=O)CS(=O)(=O)CCN1CCN(c2ccc(C(=N)N)cc2)C1=O. The Labute approximate surface area is 145 Å². The van der Waals surface area contributed by atoms with Gasteiger partial charge in [0, 0.05) is 30.9 Å². The third-order valence-corrected chi connectivity index (χ3v) is 5.30. The van der Waals surface area contributed by atoms with Crippen LogP contribution in [-0.4, -0.2) is 69.4 Å². The molecule has 0 radical (unpaired) electrons. The highest BCUT2D eigenvalue weighted by Gasteiger charge is 2.30. The molecule has 2 amide bonds. The summed E-state index contributed by atoms with van der Waals surface area (Å²) in [5.41, 5.74) is 6.60. The minimum Gasteiger partial charge on any atom is -0.468 e. The molecule has 0 aliphatic carbocycles. The van der Waals surface area contributed by atoms with Crippen LogP contribution in [0.3, 0.4) is 0 Å². The second kappa shape index (κ2) is 7.51. The normalized spacial score (nSPS) is 14.7. The van der Waals surface area contributed by atoms with Crippen molar-refractivity contribution in [2.24, 2.45) is 5.73 Å². The lowest BCUT2D eigenvalue weighted by Crippen LogP contribution is -2.35. The van der Waals surface area contributed by atoms with Crippen molar-refractivity contribution in [2.45, 2.75) is 0 Å². The van der Waals surface area contributed by atoms with Crippen LogP contribution in [0.25, 0.3) is 0 Å². The summed E-state index contributed by atoms with van der Waals surface area (Å²) >= 11 is 0. The number of urea groups is 1. The van der Waals surface area contributed by atoms with Crippen LogP contribution in [0, 0.1) is 5.41 Å². The summed E-state index contributed by atoms with van der Waals surface area (Å²) in [6.45, 7) is 0.830. The molecule has 1 aromatic carbocycles. The zero-order valence-electron chi connectivity index (χ0n) is 13.8. The van der Waals surface area contributed by atoms with Crippen LogP contribution in [0.1, 0.15) is 5.56 Å². The lowest BCUT2D eigenvalue weighted by Gasteiger charge is -2.19. The van der Waals surface area contributed by atoms with Crippen LogP contribution in [0.5, 0.6) is 0 Å². The molecule has 1 saturated heterocycles. The van der Waals surface area contributed by atoms with E-state index in [0.717, 1.165) is 7.11 Å². The van der Waals surface area contributed by atoms with Gasteiger partial charge in [0.2, 0.25) is 0 Å². The first-order valence-electron chi connectivity index (χ1n) is 7.51. The zero-order valence-corrected chi connectivity index (χ0v) is 14.6. The Hall–Kier alpha value is -2.62. The van der Waals surface area contributed by atoms with E-state index in [9.17, 15) is 18.0 Å². The van der Waals surface area contributed by atoms with Gasteiger partial charge in [-0.25, -0.2) is 13.2 Å². The van der Waals surface area contributed by atoms with E-state index >= 15 is 0 Å². The van der Waals surface area contributed by atoms with Crippen molar-refractivity contribution < 1.29 is 22.7 Å². The minimum absolute atomic E-state index is 0.0141. The van der Waals surface area contributed by atoms with Crippen LogP contribution in [0.4, 0.5) is 10.5 Å². The quantitative estimate of drug-likeness (QED) is 0.389. The molecule has 136 valence electrons. The Kier molecular flexibility index (Phi) is 5.62. The maximum Gasteiger partial charge on any atom is 0.324 e. The average molecular weight is 368 g/mol. The van der Waals surface area contributed by atoms with Crippen LogP contribution in [-0.2, 0) is 19.4 Å². The number of hydrogen-bond donors (Lipinski definition) is 2. The molecule has 10 heteroatoms. The number of benzene rings is 1. The van der Waals surface area contributed by atoms with Gasteiger partial charge in [0.25, 0.3) is 0 Å². The Morgan fingerprint density at radius 2 is 1.92 bits per heavy atom. The number of nitrogen functional groups attached to an aromatic ring is 1. The molecule has 1 aromatic rings. The largest absolute Gasteiger partial charge is 0.468 e. The maximum atomic E-state index is 12.4. The Morgan fingerprint density at radius 3 is 2.48 bits per heavy atom. The fraction of sp³-hybridized carbons (Fsp3) is 0.400. The molecule has 0 unspecified atom stereocenters. The lowest BCUT2D eigenvalue weighted by molar-refractivity contribution is -0.137. The first-order valence-corrected chi connectivity index (χ1v) is 9.34. The number of amidine groups is 1. The predicted molar refractivity (Wildman–Crippen MR) is 92.4 cm³/mol. The van der Waals surface area contributed by atoms with E-state index in [2.05, 4.69) is 4.74 Å². The molecule has 0 atom stereocenters. The van der Waals surface area contributed by atoms with Crippen molar-refractivity contribution in [1.29, 1.82) is 5.41 Å².